The van der Waals surface area contributed by atoms with E-state index in [1.807, 2.05) is 24.3 Å². The molecule has 0 nitrogen and oxygen atoms in total. The van der Waals surface area contributed by atoms with Crippen LogP contribution in [0.15, 0.2) is 28.7 Å². The number of alkyl halides is 3. The summed E-state index contributed by atoms with van der Waals surface area (Å²) in [6.07, 6.45) is -4.00. The van der Waals surface area contributed by atoms with E-state index < -0.39 is 6.18 Å². The molecule has 0 aliphatic heterocycles. The molecule has 0 fully saturated rings. The lowest BCUT2D eigenvalue weighted by Crippen LogP contribution is -1.95. The van der Waals surface area contributed by atoms with Crippen molar-refractivity contribution in [2.75, 3.05) is 0 Å². The van der Waals surface area contributed by atoms with Gasteiger partial charge in [-0.05, 0) is 28.1 Å². The van der Waals surface area contributed by atoms with Gasteiger partial charge in [-0.15, -0.1) is 0 Å². The molecule has 13 heavy (non-hydrogen) atoms. The van der Waals surface area contributed by atoms with Crippen LogP contribution in [-0.2, 0) is 0 Å². The largest absolute Gasteiger partial charge is 0.386 e. The minimum atomic E-state index is -4.00. The molecule has 0 aliphatic rings. The van der Waals surface area contributed by atoms with Gasteiger partial charge in [0.15, 0.2) is 0 Å². The first kappa shape index (κ1) is 12.8. The van der Waals surface area contributed by atoms with Gasteiger partial charge in [-0.25, -0.2) is 0 Å². The van der Waals surface area contributed by atoms with Gasteiger partial charge in [-0.1, -0.05) is 23.7 Å². The summed E-state index contributed by atoms with van der Waals surface area (Å²) >= 11 is 8.93. The van der Waals surface area contributed by atoms with Crippen molar-refractivity contribution in [1.82, 2.24) is 0 Å². The van der Waals surface area contributed by atoms with Gasteiger partial charge in [0.25, 0.3) is 0 Å². The lowest BCUT2D eigenvalue weighted by Gasteiger charge is -1.88. The predicted octanol–water partition coefficient (Wildman–Crippen LogP) is 4.67. The van der Waals surface area contributed by atoms with Crippen LogP contribution in [-0.4, -0.2) is 6.18 Å². The first-order valence-electron chi connectivity index (χ1n) is 3.27. The average Bonchev–Trinajstić information content (AvgIpc) is 1.92. The Balaban J connectivity index is 0.000000252. The molecule has 0 heterocycles. The molecule has 5 heteroatoms. The van der Waals surface area contributed by atoms with Gasteiger partial charge in [0.1, 0.15) is 0 Å². The Labute approximate surface area is 87.8 Å². The van der Waals surface area contributed by atoms with E-state index in [4.69, 9.17) is 11.6 Å². The van der Waals surface area contributed by atoms with Crippen LogP contribution in [0.3, 0.4) is 0 Å². The van der Waals surface area contributed by atoms with E-state index in [2.05, 4.69) is 15.9 Å². The fourth-order valence-electron chi connectivity index (χ4n) is 0.439. The zero-order valence-electron chi connectivity index (χ0n) is 6.70. The molecule has 1 aromatic rings. The van der Waals surface area contributed by atoms with Crippen molar-refractivity contribution in [3.63, 3.8) is 0 Å². The van der Waals surface area contributed by atoms with Crippen molar-refractivity contribution in [3.8, 4) is 0 Å². The van der Waals surface area contributed by atoms with Crippen molar-refractivity contribution < 1.29 is 13.2 Å². The number of hydrogen-bond donors (Lipinski definition) is 0. The predicted molar refractivity (Wildman–Crippen MR) is 50.9 cm³/mol. The highest BCUT2D eigenvalue weighted by molar-refractivity contribution is 9.10. The summed E-state index contributed by atoms with van der Waals surface area (Å²) < 4.78 is 32.0. The maximum atomic E-state index is 10.4. The summed E-state index contributed by atoms with van der Waals surface area (Å²) in [5.74, 6) is 0. The molecule has 1 aromatic carbocycles. The molecule has 0 spiro atoms. The maximum Gasteiger partial charge on any atom is 0.386 e. The van der Waals surface area contributed by atoms with Crippen LogP contribution in [0.4, 0.5) is 13.2 Å². The smallest absolute Gasteiger partial charge is 0.172 e. The summed E-state index contributed by atoms with van der Waals surface area (Å²) in [6.45, 7) is 0.188. The second kappa shape index (κ2) is 5.50. The van der Waals surface area contributed by atoms with Gasteiger partial charge in [-0.2, -0.15) is 13.2 Å². The van der Waals surface area contributed by atoms with E-state index in [1.165, 1.54) is 0 Å². The van der Waals surface area contributed by atoms with Crippen molar-refractivity contribution in [3.05, 3.63) is 33.8 Å². The molecule has 0 aromatic heterocycles. The van der Waals surface area contributed by atoms with Crippen LogP contribution in [0.25, 0.3) is 0 Å². The normalized spacial score (nSPS) is 10.3. The third-order valence-corrected chi connectivity index (χ3v) is 2.07. The van der Waals surface area contributed by atoms with E-state index in [0.717, 1.165) is 9.50 Å². The Bertz CT molecular complexity index is 233. The molecule has 0 amide bonds. The van der Waals surface area contributed by atoms with Gasteiger partial charge in [0, 0.05) is 11.4 Å². The van der Waals surface area contributed by atoms with Gasteiger partial charge in [-0.3, -0.25) is 0 Å². The summed E-state index contributed by atoms with van der Waals surface area (Å²) in [6, 6.07) is 7.57. The Hall–Kier alpha value is -0.220. The molecule has 0 atom stereocenters. The third kappa shape index (κ3) is 9.70. The van der Waals surface area contributed by atoms with Crippen LogP contribution in [0.5, 0.6) is 0 Å². The Morgan fingerprint density at radius 3 is 1.85 bits per heavy atom. The number of benzene rings is 1. The van der Waals surface area contributed by atoms with Crippen molar-refractivity contribution in [1.29, 1.82) is 0 Å². The van der Waals surface area contributed by atoms with Gasteiger partial charge >= 0.3 is 6.18 Å². The summed E-state index contributed by atoms with van der Waals surface area (Å²) in [5.41, 5.74) is 0. The van der Waals surface area contributed by atoms with Crippen molar-refractivity contribution >= 4 is 27.5 Å². The van der Waals surface area contributed by atoms with Gasteiger partial charge in [0.2, 0.25) is 0 Å². The fourth-order valence-corrected chi connectivity index (χ4v) is 0.860. The molecule has 74 valence electrons. The SMILES string of the molecule is CC(F)(F)F.Clc1ccccc1Br. The minimum absolute atomic E-state index is 0.188. The van der Waals surface area contributed by atoms with Crippen LogP contribution in [0, 0.1) is 0 Å². The van der Waals surface area contributed by atoms with Crippen molar-refractivity contribution in [2.45, 2.75) is 13.1 Å². The number of halogens is 5. The summed E-state index contributed by atoms with van der Waals surface area (Å²) in [5, 5.41) is 0.757. The lowest BCUT2D eigenvalue weighted by molar-refractivity contribution is -0.110. The molecule has 1 rings (SSSR count). The first-order chi connectivity index (χ1) is 5.80. The van der Waals surface area contributed by atoms with Crippen LogP contribution >= 0.6 is 27.5 Å². The Morgan fingerprint density at radius 1 is 1.23 bits per heavy atom. The van der Waals surface area contributed by atoms with Gasteiger partial charge < -0.3 is 0 Å². The topological polar surface area (TPSA) is 0 Å². The maximum absolute atomic E-state index is 10.4. The Morgan fingerprint density at radius 2 is 1.62 bits per heavy atom. The van der Waals surface area contributed by atoms with E-state index in [-0.39, 0.29) is 6.92 Å². The molecule has 0 bridgehead atoms. The second-order valence-corrected chi connectivity index (χ2v) is 3.46. The molecule has 0 saturated heterocycles. The second-order valence-electron chi connectivity index (χ2n) is 2.20. The van der Waals surface area contributed by atoms with Crippen LogP contribution < -0.4 is 0 Å². The molecule has 0 aliphatic carbocycles. The van der Waals surface area contributed by atoms with E-state index in [0.29, 0.717) is 0 Å². The van der Waals surface area contributed by atoms with E-state index in [9.17, 15) is 13.2 Å². The summed E-state index contributed by atoms with van der Waals surface area (Å²) in [7, 11) is 0. The molecule has 0 radical (unpaired) electrons. The highest BCUT2D eigenvalue weighted by Crippen LogP contribution is 2.20. The number of rotatable bonds is 0. The van der Waals surface area contributed by atoms with Gasteiger partial charge in [0.05, 0.1) is 5.02 Å². The zero-order chi connectivity index (χ0) is 10.5. The average molecular weight is 275 g/mol. The molecule has 0 N–H and O–H groups in total. The van der Waals surface area contributed by atoms with E-state index >= 15 is 0 Å². The highest BCUT2D eigenvalue weighted by atomic mass is 79.9. The summed E-state index contributed by atoms with van der Waals surface area (Å²) in [4.78, 5) is 0. The highest BCUT2D eigenvalue weighted by Gasteiger charge is 2.15. The first-order valence-corrected chi connectivity index (χ1v) is 4.44. The fraction of sp³-hybridized carbons (Fsp3) is 0.250. The Kier molecular flexibility index (Phi) is 5.40. The zero-order valence-corrected chi connectivity index (χ0v) is 9.04. The quantitative estimate of drug-likeness (QED) is 0.645. The molecule has 0 unspecified atom stereocenters. The molecule has 0 saturated carbocycles. The molecular weight excluding hydrogens is 268 g/mol. The van der Waals surface area contributed by atoms with Crippen molar-refractivity contribution in [2.24, 2.45) is 0 Å². The monoisotopic (exact) mass is 274 g/mol. The standard InChI is InChI=1S/C6H4BrCl.C2H3F3/c7-5-3-1-2-4-6(5)8;1-2(3,4)5/h1-4H;1H3. The lowest BCUT2D eigenvalue weighted by atomic mass is 10.4. The van der Waals surface area contributed by atoms with Crippen LogP contribution in [0.2, 0.25) is 5.02 Å². The minimum Gasteiger partial charge on any atom is -0.172 e. The van der Waals surface area contributed by atoms with E-state index in [1.54, 1.807) is 0 Å². The third-order valence-electron chi connectivity index (χ3n) is 0.824. The van der Waals surface area contributed by atoms with Crippen LogP contribution in [0.1, 0.15) is 6.92 Å². The number of hydrogen-bond acceptors (Lipinski definition) is 0. The molecular formula is C8H7BrClF3.